The first-order valence-electron chi connectivity index (χ1n) is 8.78. The van der Waals surface area contributed by atoms with Gasteiger partial charge in [-0.15, -0.1) is 0 Å². The van der Waals surface area contributed by atoms with Crippen LogP contribution in [0.4, 0.5) is 11.4 Å². The predicted molar refractivity (Wildman–Crippen MR) is 106 cm³/mol. The van der Waals surface area contributed by atoms with Crippen LogP contribution in [0, 0.1) is 11.3 Å². The fraction of sp³-hybridized carbons (Fsp3) is 0.250. The number of carbonyl (C=O) groups excluding carboxylic acids is 2. The molecule has 150 valence electrons. The molecule has 1 aliphatic rings. The third-order valence-electron chi connectivity index (χ3n) is 4.15. The SMILES string of the molecule is N#CCCN(C(=O)COC(=O)c1ccc(Cl)cc1N)c1ccc2c(c1)OCCO2. The molecule has 2 aromatic carbocycles. The number of esters is 1. The van der Waals surface area contributed by atoms with E-state index in [1.165, 1.54) is 23.1 Å². The summed E-state index contributed by atoms with van der Waals surface area (Å²) >= 11 is 5.82. The average Bonchev–Trinajstić information content (AvgIpc) is 2.72. The van der Waals surface area contributed by atoms with E-state index >= 15 is 0 Å². The van der Waals surface area contributed by atoms with Crippen molar-refractivity contribution in [1.82, 2.24) is 0 Å². The number of halogens is 1. The quantitative estimate of drug-likeness (QED) is 0.569. The van der Waals surface area contributed by atoms with Gasteiger partial charge in [0, 0.05) is 29.0 Å². The molecule has 8 nitrogen and oxygen atoms in total. The topological polar surface area (TPSA) is 115 Å². The van der Waals surface area contributed by atoms with Crippen molar-refractivity contribution in [1.29, 1.82) is 5.26 Å². The van der Waals surface area contributed by atoms with Crippen molar-refractivity contribution >= 4 is 34.9 Å². The second-order valence-corrected chi connectivity index (χ2v) is 6.53. The van der Waals surface area contributed by atoms with E-state index in [2.05, 4.69) is 0 Å². The molecule has 0 bridgehead atoms. The molecule has 9 heteroatoms. The van der Waals surface area contributed by atoms with Gasteiger partial charge in [-0.3, -0.25) is 4.79 Å². The number of nitrogens with two attached hydrogens (primary N) is 1. The lowest BCUT2D eigenvalue weighted by atomic mass is 10.2. The van der Waals surface area contributed by atoms with Gasteiger partial charge in [-0.2, -0.15) is 5.26 Å². The highest BCUT2D eigenvalue weighted by Gasteiger charge is 2.21. The number of nitriles is 1. The van der Waals surface area contributed by atoms with Gasteiger partial charge in [0.25, 0.3) is 5.91 Å². The van der Waals surface area contributed by atoms with Crippen molar-refractivity contribution < 1.29 is 23.8 Å². The minimum atomic E-state index is -0.741. The van der Waals surface area contributed by atoms with Gasteiger partial charge < -0.3 is 24.8 Å². The number of fused-ring (bicyclic) bond motifs is 1. The van der Waals surface area contributed by atoms with Crippen LogP contribution in [0.25, 0.3) is 0 Å². The number of nitrogen functional groups attached to an aromatic ring is 1. The summed E-state index contributed by atoms with van der Waals surface area (Å²) in [6.45, 7) is 0.478. The van der Waals surface area contributed by atoms with Crippen LogP contribution >= 0.6 is 11.6 Å². The zero-order valence-corrected chi connectivity index (χ0v) is 16.1. The maximum absolute atomic E-state index is 12.7. The fourth-order valence-corrected chi connectivity index (χ4v) is 2.94. The highest BCUT2D eigenvalue weighted by atomic mass is 35.5. The fourth-order valence-electron chi connectivity index (χ4n) is 2.76. The van der Waals surface area contributed by atoms with Gasteiger partial charge in [-0.25, -0.2) is 4.79 Å². The summed E-state index contributed by atoms with van der Waals surface area (Å²) in [7, 11) is 0. The van der Waals surface area contributed by atoms with Crippen molar-refractivity contribution in [2.45, 2.75) is 6.42 Å². The molecule has 1 heterocycles. The Morgan fingerprint density at radius 2 is 1.93 bits per heavy atom. The molecule has 0 fully saturated rings. The van der Waals surface area contributed by atoms with Gasteiger partial charge in [0.05, 0.1) is 18.1 Å². The molecule has 0 unspecified atom stereocenters. The average molecular weight is 416 g/mol. The van der Waals surface area contributed by atoms with Crippen molar-refractivity contribution in [2.75, 3.05) is 37.0 Å². The van der Waals surface area contributed by atoms with Gasteiger partial charge in [0.15, 0.2) is 18.1 Å². The Morgan fingerprint density at radius 1 is 1.17 bits per heavy atom. The number of benzene rings is 2. The molecule has 2 N–H and O–H groups in total. The molecular formula is C20H18ClN3O5. The van der Waals surface area contributed by atoms with Crippen LogP contribution in [0.2, 0.25) is 5.02 Å². The number of nitrogens with zero attached hydrogens (tertiary/aromatic N) is 2. The first-order chi connectivity index (χ1) is 14.0. The second kappa shape index (κ2) is 9.17. The lowest BCUT2D eigenvalue weighted by Gasteiger charge is -2.24. The molecule has 0 saturated heterocycles. The van der Waals surface area contributed by atoms with Crippen LogP contribution in [-0.2, 0) is 9.53 Å². The molecule has 0 saturated carbocycles. The normalized spacial score (nSPS) is 12.0. The van der Waals surface area contributed by atoms with Crippen molar-refractivity contribution in [3.8, 4) is 17.6 Å². The maximum atomic E-state index is 12.7. The van der Waals surface area contributed by atoms with E-state index in [1.807, 2.05) is 6.07 Å². The Balaban J connectivity index is 1.72. The Kier molecular flexibility index (Phi) is 6.42. The van der Waals surface area contributed by atoms with Gasteiger partial charge in [0.1, 0.15) is 13.2 Å². The molecule has 3 rings (SSSR count). The van der Waals surface area contributed by atoms with Gasteiger partial charge in [-0.1, -0.05) is 11.6 Å². The largest absolute Gasteiger partial charge is 0.486 e. The molecule has 0 aromatic heterocycles. The molecular weight excluding hydrogens is 398 g/mol. The summed E-state index contributed by atoms with van der Waals surface area (Å²) in [5, 5.41) is 9.30. The minimum Gasteiger partial charge on any atom is -0.486 e. The third-order valence-corrected chi connectivity index (χ3v) is 4.38. The standard InChI is InChI=1S/C20H18ClN3O5/c21-13-2-4-15(16(23)10-13)20(26)29-12-19(25)24(7-1-6-22)14-3-5-17-18(11-14)28-9-8-27-17/h2-5,10-11H,1,7-9,12,23H2. The summed E-state index contributed by atoms with van der Waals surface area (Å²) in [6.07, 6.45) is 0.109. The van der Waals surface area contributed by atoms with E-state index in [4.69, 9.17) is 36.8 Å². The highest BCUT2D eigenvalue weighted by molar-refractivity contribution is 6.31. The Hall–Kier alpha value is -3.44. The zero-order chi connectivity index (χ0) is 20.8. The molecule has 0 atom stereocenters. The first kappa shape index (κ1) is 20.3. The first-order valence-corrected chi connectivity index (χ1v) is 9.16. The molecule has 1 amide bonds. The number of carbonyl (C=O) groups is 2. The van der Waals surface area contributed by atoms with E-state index in [9.17, 15) is 9.59 Å². The lowest BCUT2D eigenvalue weighted by Crippen LogP contribution is -2.35. The maximum Gasteiger partial charge on any atom is 0.340 e. The molecule has 0 radical (unpaired) electrons. The van der Waals surface area contributed by atoms with E-state index in [0.29, 0.717) is 35.4 Å². The van der Waals surface area contributed by atoms with Gasteiger partial charge in [-0.05, 0) is 30.3 Å². The van der Waals surface area contributed by atoms with E-state index in [0.717, 1.165) is 0 Å². The molecule has 0 spiro atoms. The predicted octanol–water partition coefficient (Wildman–Crippen LogP) is 2.80. The van der Waals surface area contributed by atoms with Crippen LogP contribution in [0.1, 0.15) is 16.8 Å². The van der Waals surface area contributed by atoms with Crippen molar-refractivity contribution in [2.24, 2.45) is 0 Å². The number of hydrogen-bond acceptors (Lipinski definition) is 7. The summed E-state index contributed by atoms with van der Waals surface area (Å²) in [6, 6.07) is 11.4. The van der Waals surface area contributed by atoms with Crippen LogP contribution in [0.3, 0.4) is 0 Å². The van der Waals surface area contributed by atoms with Crippen LogP contribution in [0.5, 0.6) is 11.5 Å². The number of rotatable bonds is 6. The molecule has 2 aromatic rings. The van der Waals surface area contributed by atoms with Gasteiger partial charge in [0.2, 0.25) is 0 Å². The number of hydrogen-bond donors (Lipinski definition) is 1. The third kappa shape index (κ3) is 4.89. The van der Waals surface area contributed by atoms with E-state index < -0.39 is 18.5 Å². The zero-order valence-electron chi connectivity index (χ0n) is 15.4. The number of anilines is 2. The van der Waals surface area contributed by atoms with Crippen molar-refractivity contribution in [3.63, 3.8) is 0 Å². The van der Waals surface area contributed by atoms with E-state index in [-0.39, 0.29) is 24.2 Å². The Bertz CT molecular complexity index is 973. The van der Waals surface area contributed by atoms with Crippen LogP contribution in [-0.4, -0.2) is 38.2 Å². The molecule has 29 heavy (non-hydrogen) atoms. The summed E-state index contributed by atoms with van der Waals surface area (Å²) in [5.74, 6) is -0.139. The van der Waals surface area contributed by atoms with Crippen LogP contribution in [0.15, 0.2) is 36.4 Å². The monoisotopic (exact) mass is 415 g/mol. The number of ether oxygens (including phenoxy) is 3. The lowest BCUT2D eigenvalue weighted by molar-refractivity contribution is -0.121. The summed E-state index contributed by atoms with van der Waals surface area (Å²) in [5.41, 5.74) is 6.55. The molecule has 0 aliphatic carbocycles. The minimum absolute atomic E-state index is 0.109. The van der Waals surface area contributed by atoms with E-state index in [1.54, 1.807) is 18.2 Å². The van der Waals surface area contributed by atoms with Crippen LogP contribution < -0.4 is 20.1 Å². The Morgan fingerprint density at radius 3 is 2.66 bits per heavy atom. The summed E-state index contributed by atoms with van der Waals surface area (Å²) < 4.78 is 16.1. The Labute approximate surface area is 172 Å². The summed E-state index contributed by atoms with van der Waals surface area (Å²) in [4.78, 5) is 26.3. The molecule has 1 aliphatic heterocycles. The van der Waals surface area contributed by atoms with Crippen molar-refractivity contribution in [3.05, 3.63) is 47.0 Å². The highest BCUT2D eigenvalue weighted by Crippen LogP contribution is 2.34. The smallest absolute Gasteiger partial charge is 0.340 e. The second-order valence-electron chi connectivity index (χ2n) is 6.09. The van der Waals surface area contributed by atoms with Gasteiger partial charge >= 0.3 is 5.97 Å². The number of amides is 1.